The van der Waals surface area contributed by atoms with E-state index in [1.165, 1.54) is 12.3 Å². The summed E-state index contributed by atoms with van der Waals surface area (Å²) in [6.07, 6.45) is 1.24. The van der Waals surface area contributed by atoms with E-state index < -0.39 is 4.92 Å². The Bertz CT molecular complexity index is 435. The molecule has 0 atom stereocenters. The van der Waals surface area contributed by atoms with Crippen molar-refractivity contribution in [3.63, 3.8) is 0 Å². The standard InChI is InChI=1S/C8H8N4O3S/c13-11-8(16)10-9-5-6-3-1-2-4-7(6)12(14)15/h1-5,13H,(H2,10,11,16)/b9-5+. The Labute approximate surface area is 95.9 Å². The van der Waals surface area contributed by atoms with Crippen molar-refractivity contribution in [3.8, 4) is 0 Å². The van der Waals surface area contributed by atoms with Crippen molar-refractivity contribution in [2.75, 3.05) is 0 Å². The predicted octanol–water partition coefficient (Wildman–Crippen LogP) is 0.782. The van der Waals surface area contributed by atoms with Gasteiger partial charge in [0, 0.05) is 6.07 Å². The molecule has 0 saturated heterocycles. The lowest BCUT2D eigenvalue weighted by Crippen LogP contribution is -2.28. The van der Waals surface area contributed by atoms with Crippen molar-refractivity contribution in [1.29, 1.82) is 0 Å². The van der Waals surface area contributed by atoms with E-state index in [1.54, 1.807) is 23.7 Å². The van der Waals surface area contributed by atoms with Gasteiger partial charge in [-0.3, -0.25) is 20.7 Å². The van der Waals surface area contributed by atoms with E-state index in [2.05, 4.69) is 22.7 Å². The van der Waals surface area contributed by atoms with Gasteiger partial charge in [0.25, 0.3) is 5.69 Å². The number of nitro benzene ring substituents is 1. The summed E-state index contributed by atoms with van der Waals surface area (Å²) in [6.45, 7) is 0. The summed E-state index contributed by atoms with van der Waals surface area (Å²) in [4.78, 5) is 10.1. The third-order valence-corrected chi connectivity index (χ3v) is 1.79. The van der Waals surface area contributed by atoms with Crippen LogP contribution in [-0.4, -0.2) is 21.5 Å². The Morgan fingerprint density at radius 1 is 1.56 bits per heavy atom. The summed E-state index contributed by atoms with van der Waals surface area (Å²) >= 11 is 4.54. The number of nitrogens with zero attached hydrogens (tertiary/aromatic N) is 2. The van der Waals surface area contributed by atoms with Gasteiger partial charge in [0.05, 0.1) is 16.7 Å². The second kappa shape index (κ2) is 5.73. The van der Waals surface area contributed by atoms with Crippen LogP contribution < -0.4 is 10.9 Å². The first-order valence-corrected chi connectivity index (χ1v) is 4.52. The van der Waals surface area contributed by atoms with E-state index in [9.17, 15) is 10.1 Å². The number of thiocarbonyl (C=S) groups is 1. The van der Waals surface area contributed by atoms with Crippen LogP contribution >= 0.6 is 12.2 Å². The third-order valence-electron chi connectivity index (χ3n) is 1.60. The number of para-hydroxylation sites is 1. The summed E-state index contributed by atoms with van der Waals surface area (Å²) in [7, 11) is 0. The number of hydrogen-bond donors (Lipinski definition) is 3. The first-order chi connectivity index (χ1) is 7.65. The molecule has 0 bridgehead atoms. The Hall–Kier alpha value is -2.06. The molecule has 0 radical (unpaired) electrons. The van der Waals surface area contributed by atoms with Gasteiger partial charge in [0.2, 0.25) is 5.11 Å². The summed E-state index contributed by atoms with van der Waals surface area (Å²) in [6, 6.07) is 6.11. The van der Waals surface area contributed by atoms with Crippen LogP contribution in [0.2, 0.25) is 0 Å². The highest BCUT2D eigenvalue weighted by Crippen LogP contribution is 2.14. The third kappa shape index (κ3) is 3.26. The van der Waals surface area contributed by atoms with Gasteiger partial charge in [-0.15, -0.1) is 0 Å². The Morgan fingerprint density at radius 2 is 2.25 bits per heavy atom. The first-order valence-electron chi connectivity index (χ1n) is 4.11. The normalized spacial score (nSPS) is 10.1. The highest BCUT2D eigenvalue weighted by molar-refractivity contribution is 7.80. The monoisotopic (exact) mass is 240 g/mol. The fourth-order valence-corrected chi connectivity index (χ4v) is 1.00. The molecule has 1 aromatic carbocycles. The van der Waals surface area contributed by atoms with E-state index in [0.29, 0.717) is 5.56 Å². The molecule has 0 amide bonds. The molecule has 16 heavy (non-hydrogen) atoms. The molecule has 0 spiro atoms. The minimum atomic E-state index is -0.510. The van der Waals surface area contributed by atoms with Crippen molar-refractivity contribution in [2.45, 2.75) is 0 Å². The van der Waals surface area contributed by atoms with E-state index >= 15 is 0 Å². The molecule has 3 N–H and O–H groups in total. The molecule has 84 valence electrons. The van der Waals surface area contributed by atoms with Gasteiger partial charge in [-0.1, -0.05) is 12.1 Å². The van der Waals surface area contributed by atoms with Gasteiger partial charge in [-0.25, -0.2) is 5.48 Å². The number of nitrogens with one attached hydrogen (secondary N) is 2. The zero-order valence-corrected chi connectivity index (χ0v) is 8.77. The summed E-state index contributed by atoms with van der Waals surface area (Å²) < 4.78 is 0. The molecule has 0 aliphatic carbocycles. The van der Waals surface area contributed by atoms with Crippen LogP contribution in [0.1, 0.15) is 5.56 Å². The second-order valence-corrected chi connectivity index (χ2v) is 3.04. The molecular formula is C8H8N4O3S. The summed E-state index contributed by atoms with van der Waals surface area (Å²) in [5.74, 6) is 0. The van der Waals surface area contributed by atoms with Crippen LogP contribution in [0.4, 0.5) is 5.69 Å². The first kappa shape index (κ1) is 12.0. The molecule has 0 aromatic heterocycles. The molecule has 0 fully saturated rings. The molecule has 0 saturated carbocycles. The Balaban J connectivity index is 2.80. The molecule has 0 unspecified atom stereocenters. The smallest absolute Gasteiger partial charge is 0.278 e. The zero-order valence-electron chi connectivity index (χ0n) is 7.95. The second-order valence-electron chi connectivity index (χ2n) is 2.63. The van der Waals surface area contributed by atoms with Crippen molar-refractivity contribution in [3.05, 3.63) is 39.9 Å². The molecule has 7 nitrogen and oxygen atoms in total. The van der Waals surface area contributed by atoms with Gasteiger partial charge >= 0.3 is 0 Å². The average Bonchev–Trinajstić information content (AvgIpc) is 2.29. The van der Waals surface area contributed by atoms with Gasteiger partial charge in [-0.2, -0.15) is 5.10 Å². The number of rotatable bonds is 3. The quantitative estimate of drug-likeness (QED) is 0.312. The molecular weight excluding hydrogens is 232 g/mol. The maximum atomic E-state index is 10.6. The summed E-state index contributed by atoms with van der Waals surface area (Å²) in [5, 5.41) is 22.5. The van der Waals surface area contributed by atoms with Crippen molar-refractivity contribution >= 4 is 29.2 Å². The number of nitro groups is 1. The van der Waals surface area contributed by atoms with Gasteiger partial charge in [-0.05, 0) is 18.3 Å². The van der Waals surface area contributed by atoms with Gasteiger partial charge < -0.3 is 0 Å². The number of benzene rings is 1. The van der Waals surface area contributed by atoms with Crippen LogP contribution in [0.25, 0.3) is 0 Å². The zero-order chi connectivity index (χ0) is 12.0. The van der Waals surface area contributed by atoms with E-state index in [-0.39, 0.29) is 10.8 Å². The lowest BCUT2D eigenvalue weighted by atomic mass is 10.2. The molecule has 0 heterocycles. The fourth-order valence-electron chi connectivity index (χ4n) is 0.948. The van der Waals surface area contributed by atoms with E-state index in [1.807, 2.05) is 0 Å². The SMILES string of the molecule is O=[N+]([O-])c1ccccc1/C=N/NC(=S)NO. The molecule has 0 aliphatic rings. The van der Waals surface area contributed by atoms with Crippen LogP contribution in [0.5, 0.6) is 0 Å². The van der Waals surface area contributed by atoms with Gasteiger partial charge in [0.15, 0.2) is 0 Å². The van der Waals surface area contributed by atoms with Crippen LogP contribution in [0.15, 0.2) is 29.4 Å². The summed E-state index contributed by atoms with van der Waals surface area (Å²) in [5.41, 5.74) is 4.20. The highest BCUT2D eigenvalue weighted by atomic mass is 32.1. The molecule has 8 heteroatoms. The topological polar surface area (TPSA) is 99.8 Å². The average molecular weight is 240 g/mol. The van der Waals surface area contributed by atoms with Crippen LogP contribution in [-0.2, 0) is 0 Å². The predicted molar refractivity (Wildman–Crippen MR) is 61.3 cm³/mol. The van der Waals surface area contributed by atoms with Crippen molar-refractivity contribution in [2.24, 2.45) is 5.10 Å². The lowest BCUT2D eigenvalue weighted by Gasteiger charge is -1.99. The maximum absolute atomic E-state index is 10.6. The molecule has 1 rings (SSSR count). The van der Waals surface area contributed by atoms with E-state index in [0.717, 1.165) is 0 Å². The fraction of sp³-hybridized carbons (Fsp3) is 0. The largest absolute Gasteiger partial charge is 0.289 e. The van der Waals surface area contributed by atoms with E-state index in [4.69, 9.17) is 5.21 Å². The minimum Gasteiger partial charge on any atom is -0.289 e. The van der Waals surface area contributed by atoms with Gasteiger partial charge in [0.1, 0.15) is 0 Å². The van der Waals surface area contributed by atoms with Crippen molar-refractivity contribution < 1.29 is 10.1 Å². The van der Waals surface area contributed by atoms with Crippen LogP contribution in [0.3, 0.4) is 0 Å². The Morgan fingerprint density at radius 3 is 2.88 bits per heavy atom. The highest BCUT2D eigenvalue weighted by Gasteiger charge is 2.09. The number of hydroxylamine groups is 1. The van der Waals surface area contributed by atoms with Crippen molar-refractivity contribution in [1.82, 2.24) is 10.9 Å². The van der Waals surface area contributed by atoms with Crippen LogP contribution in [0, 0.1) is 10.1 Å². The molecule has 0 aliphatic heterocycles. The number of hydrazone groups is 1. The lowest BCUT2D eigenvalue weighted by molar-refractivity contribution is -0.385. The maximum Gasteiger partial charge on any atom is 0.278 e. The Kier molecular flexibility index (Phi) is 4.30. The minimum absolute atomic E-state index is 0.0593. The number of hydrogen-bond acceptors (Lipinski definition) is 5. The molecule has 1 aromatic rings.